The Balaban J connectivity index is 1.69. The van der Waals surface area contributed by atoms with Crippen molar-refractivity contribution in [1.82, 2.24) is 14.9 Å². The van der Waals surface area contributed by atoms with Gasteiger partial charge in [-0.15, -0.1) is 0 Å². The molecule has 34 heavy (non-hydrogen) atoms. The Bertz CT molecular complexity index is 768. The Kier molecular flexibility index (Phi) is 11.5. The largest absolute Gasteiger partial charge is 0.494 e. The zero-order chi connectivity index (χ0) is 25.0. The van der Waals surface area contributed by atoms with Gasteiger partial charge in [-0.1, -0.05) is 19.8 Å². The summed E-state index contributed by atoms with van der Waals surface area (Å²) < 4.78 is 11.3. The number of unbranched alkanes of at least 4 members (excludes halogenated alkanes) is 2. The highest BCUT2D eigenvalue weighted by Gasteiger charge is 2.29. The number of hydrogen-bond donors (Lipinski definition) is 0. The van der Waals surface area contributed by atoms with Gasteiger partial charge in [0.15, 0.2) is 5.78 Å². The lowest BCUT2D eigenvalue weighted by Crippen LogP contribution is -2.56. The minimum absolute atomic E-state index is 0.00806. The first kappa shape index (κ1) is 27.8. The summed E-state index contributed by atoms with van der Waals surface area (Å²) in [7, 11) is 0. The molecule has 0 N–H and O–H groups in total. The molecule has 1 amide bonds. The van der Waals surface area contributed by atoms with Crippen molar-refractivity contribution in [3.8, 4) is 5.75 Å². The van der Waals surface area contributed by atoms with E-state index in [0.717, 1.165) is 62.9 Å². The number of piperazine rings is 1. The van der Waals surface area contributed by atoms with Crippen molar-refractivity contribution in [2.75, 3.05) is 45.9 Å². The average molecular weight is 476 g/mol. The maximum absolute atomic E-state index is 12.4. The predicted octanol–water partition coefficient (Wildman–Crippen LogP) is 4.19. The lowest BCUT2D eigenvalue weighted by atomic mass is 10.0. The number of carbonyl (C=O) groups excluding carboxylic acids is 3. The highest BCUT2D eigenvalue weighted by Crippen LogP contribution is 2.16. The van der Waals surface area contributed by atoms with E-state index in [9.17, 15) is 14.4 Å². The highest BCUT2D eigenvalue weighted by molar-refractivity contribution is 5.96. The molecule has 0 unspecified atom stereocenters. The molecule has 8 nitrogen and oxygen atoms in total. The maximum Gasteiger partial charge on any atom is 0.425 e. The quantitative estimate of drug-likeness (QED) is 0.240. The Labute approximate surface area is 204 Å². The topological polar surface area (TPSA) is 79.4 Å². The van der Waals surface area contributed by atoms with E-state index in [1.165, 1.54) is 5.01 Å². The van der Waals surface area contributed by atoms with Crippen molar-refractivity contribution in [1.29, 1.82) is 0 Å². The fraction of sp³-hybridized carbons (Fsp3) is 0.654. The van der Waals surface area contributed by atoms with Crippen LogP contribution >= 0.6 is 0 Å². The van der Waals surface area contributed by atoms with Crippen LogP contribution in [-0.4, -0.2) is 84.6 Å². The molecule has 1 heterocycles. The maximum atomic E-state index is 12.4. The van der Waals surface area contributed by atoms with Crippen LogP contribution < -0.4 is 4.74 Å². The normalized spacial score (nSPS) is 15.1. The molecule has 0 spiro atoms. The summed E-state index contributed by atoms with van der Waals surface area (Å²) in [6.07, 6.45) is 4.85. The van der Waals surface area contributed by atoms with E-state index in [0.29, 0.717) is 26.1 Å². The Morgan fingerprint density at radius 1 is 1.03 bits per heavy atom. The molecule has 190 valence electrons. The third-order valence-corrected chi connectivity index (χ3v) is 5.61. The number of ether oxygens (including phenoxy) is 2. The summed E-state index contributed by atoms with van der Waals surface area (Å²) in [4.78, 5) is 38.0. The van der Waals surface area contributed by atoms with Crippen molar-refractivity contribution in [2.45, 2.75) is 65.4 Å². The third-order valence-electron chi connectivity index (χ3n) is 5.61. The molecule has 2 rings (SSSR count). The summed E-state index contributed by atoms with van der Waals surface area (Å²) in [5, 5.41) is 3.29. The lowest BCUT2D eigenvalue weighted by Gasteiger charge is -2.40. The summed E-state index contributed by atoms with van der Waals surface area (Å²) >= 11 is 0. The molecule has 1 aromatic rings. The van der Waals surface area contributed by atoms with Gasteiger partial charge in [0.2, 0.25) is 0 Å². The fourth-order valence-corrected chi connectivity index (χ4v) is 3.79. The smallest absolute Gasteiger partial charge is 0.425 e. The SMILES string of the molecule is CCCCCC(=O)c1ccc(OCCCN2CCN(N(CC=O)C(=O)OC(C)(C)C)CC2)cc1. The van der Waals surface area contributed by atoms with E-state index >= 15 is 0 Å². The molecule has 1 aliphatic rings. The van der Waals surface area contributed by atoms with Crippen LogP contribution in [0.3, 0.4) is 0 Å². The van der Waals surface area contributed by atoms with E-state index in [-0.39, 0.29) is 12.3 Å². The van der Waals surface area contributed by atoms with Crippen molar-refractivity contribution >= 4 is 18.2 Å². The number of rotatable bonds is 13. The van der Waals surface area contributed by atoms with Gasteiger partial charge >= 0.3 is 6.09 Å². The van der Waals surface area contributed by atoms with Gasteiger partial charge in [-0.2, -0.15) is 0 Å². The standard InChI is InChI=1S/C26H41N3O5/c1-5-6-7-9-24(31)22-10-12-23(13-11-22)33-21-8-14-27-15-17-28(18-16-27)29(19-20-30)25(32)34-26(2,3)4/h10-13,20H,5-9,14-19,21H2,1-4H3. The second-order valence-corrected chi connectivity index (χ2v) is 9.63. The van der Waals surface area contributed by atoms with Crippen LogP contribution in [0.15, 0.2) is 24.3 Å². The van der Waals surface area contributed by atoms with E-state index in [4.69, 9.17) is 9.47 Å². The van der Waals surface area contributed by atoms with Gasteiger partial charge in [0.1, 0.15) is 17.6 Å². The fourth-order valence-electron chi connectivity index (χ4n) is 3.79. The monoisotopic (exact) mass is 475 g/mol. The van der Waals surface area contributed by atoms with Crippen LogP contribution in [0.25, 0.3) is 0 Å². The van der Waals surface area contributed by atoms with Crippen LogP contribution in [0.2, 0.25) is 0 Å². The number of carbonyl (C=O) groups is 3. The average Bonchev–Trinajstić information content (AvgIpc) is 2.80. The number of amides is 1. The van der Waals surface area contributed by atoms with Crippen molar-refractivity contribution < 1.29 is 23.9 Å². The third kappa shape index (κ3) is 9.81. The molecule has 1 saturated heterocycles. The van der Waals surface area contributed by atoms with E-state index in [1.807, 2.05) is 50.0 Å². The molecule has 1 aromatic carbocycles. The summed E-state index contributed by atoms with van der Waals surface area (Å²) in [5.41, 5.74) is 0.140. The number of Topliss-reactive ketones (excluding diaryl/α,β-unsaturated/α-hetero) is 1. The first-order valence-electron chi connectivity index (χ1n) is 12.4. The van der Waals surface area contributed by atoms with Crippen LogP contribution in [0, 0.1) is 0 Å². The lowest BCUT2D eigenvalue weighted by molar-refractivity contribution is -0.116. The number of benzene rings is 1. The molecule has 0 aliphatic carbocycles. The van der Waals surface area contributed by atoms with Crippen LogP contribution in [-0.2, 0) is 9.53 Å². The number of hydrogen-bond acceptors (Lipinski definition) is 7. The highest BCUT2D eigenvalue weighted by atomic mass is 16.6. The number of ketones is 1. The Morgan fingerprint density at radius 3 is 2.29 bits per heavy atom. The molecule has 0 bridgehead atoms. The number of hydrazine groups is 1. The van der Waals surface area contributed by atoms with Gasteiger partial charge in [-0.25, -0.2) is 14.8 Å². The Morgan fingerprint density at radius 2 is 1.71 bits per heavy atom. The molecule has 0 aromatic heterocycles. The van der Waals surface area contributed by atoms with Crippen LogP contribution in [0.4, 0.5) is 4.79 Å². The minimum atomic E-state index is -0.607. The van der Waals surface area contributed by atoms with E-state index in [2.05, 4.69) is 11.8 Å². The number of aldehydes is 1. The van der Waals surface area contributed by atoms with Crippen LogP contribution in [0.5, 0.6) is 5.75 Å². The summed E-state index contributed by atoms with van der Waals surface area (Å²) in [6.45, 7) is 12.0. The van der Waals surface area contributed by atoms with E-state index < -0.39 is 11.7 Å². The first-order valence-corrected chi connectivity index (χ1v) is 12.4. The zero-order valence-electron chi connectivity index (χ0n) is 21.3. The van der Waals surface area contributed by atoms with Gasteiger partial charge < -0.3 is 19.2 Å². The van der Waals surface area contributed by atoms with Crippen molar-refractivity contribution in [3.63, 3.8) is 0 Å². The van der Waals surface area contributed by atoms with E-state index in [1.54, 1.807) is 0 Å². The molecule has 0 radical (unpaired) electrons. The first-order chi connectivity index (χ1) is 16.2. The molecule has 0 saturated carbocycles. The second-order valence-electron chi connectivity index (χ2n) is 9.63. The van der Waals surface area contributed by atoms with Gasteiger partial charge in [0.25, 0.3) is 0 Å². The predicted molar refractivity (Wildman–Crippen MR) is 132 cm³/mol. The molecule has 0 atom stereocenters. The minimum Gasteiger partial charge on any atom is -0.494 e. The molecule has 1 fully saturated rings. The Hall–Kier alpha value is -2.45. The molecular weight excluding hydrogens is 434 g/mol. The van der Waals surface area contributed by atoms with Gasteiger partial charge in [0, 0.05) is 44.7 Å². The summed E-state index contributed by atoms with van der Waals surface area (Å²) in [5.74, 6) is 0.967. The zero-order valence-corrected chi connectivity index (χ0v) is 21.3. The molecule has 8 heteroatoms. The summed E-state index contributed by atoms with van der Waals surface area (Å²) in [6, 6.07) is 7.42. The van der Waals surface area contributed by atoms with Gasteiger partial charge in [0.05, 0.1) is 13.2 Å². The van der Waals surface area contributed by atoms with Gasteiger partial charge in [-0.05, 0) is 57.9 Å². The molecular formula is C26H41N3O5. The molecule has 1 aliphatic heterocycles. The second kappa shape index (κ2) is 14.1. The van der Waals surface area contributed by atoms with Gasteiger partial charge in [-0.3, -0.25) is 4.79 Å². The van der Waals surface area contributed by atoms with Crippen molar-refractivity contribution in [3.05, 3.63) is 29.8 Å². The number of nitrogens with zero attached hydrogens (tertiary/aromatic N) is 3. The van der Waals surface area contributed by atoms with Crippen LogP contribution in [0.1, 0.15) is 70.2 Å². The van der Waals surface area contributed by atoms with Crippen molar-refractivity contribution in [2.24, 2.45) is 0 Å².